The largest absolute Gasteiger partial charge is 0.496 e. The highest BCUT2D eigenvalue weighted by molar-refractivity contribution is 5.97. The van der Waals surface area contributed by atoms with Crippen molar-refractivity contribution >= 4 is 5.91 Å². The van der Waals surface area contributed by atoms with Crippen molar-refractivity contribution in [1.29, 1.82) is 0 Å². The molecule has 0 aliphatic rings. The van der Waals surface area contributed by atoms with Crippen molar-refractivity contribution in [1.82, 2.24) is 5.32 Å². The van der Waals surface area contributed by atoms with Gasteiger partial charge in [-0.1, -0.05) is 34.6 Å². The summed E-state index contributed by atoms with van der Waals surface area (Å²) in [6.45, 7) is 11.0. The third-order valence-corrected chi connectivity index (χ3v) is 3.20. The molecule has 0 radical (unpaired) electrons. The average molecular weight is 293 g/mol. The van der Waals surface area contributed by atoms with E-state index in [0.29, 0.717) is 17.9 Å². The van der Waals surface area contributed by atoms with E-state index in [9.17, 15) is 4.79 Å². The monoisotopic (exact) mass is 293 g/mol. The van der Waals surface area contributed by atoms with Gasteiger partial charge in [-0.25, -0.2) is 0 Å². The Labute approximate surface area is 127 Å². The van der Waals surface area contributed by atoms with Crippen molar-refractivity contribution in [3.8, 4) is 11.5 Å². The predicted molar refractivity (Wildman–Crippen MR) is 85.4 cm³/mol. The second kappa shape index (κ2) is 6.83. The number of hydrogen-bond acceptors (Lipinski definition) is 3. The molecule has 0 spiro atoms. The zero-order chi connectivity index (χ0) is 16.2. The van der Waals surface area contributed by atoms with Crippen LogP contribution in [0.15, 0.2) is 12.1 Å². The molecule has 21 heavy (non-hydrogen) atoms. The van der Waals surface area contributed by atoms with Gasteiger partial charge in [-0.2, -0.15) is 0 Å². The fourth-order valence-electron chi connectivity index (χ4n) is 1.99. The maximum Gasteiger partial charge on any atom is 0.255 e. The Balaban J connectivity index is 3.15. The Morgan fingerprint density at radius 1 is 1.14 bits per heavy atom. The molecule has 0 saturated heterocycles. The van der Waals surface area contributed by atoms with Crippen LogP contribution in [-0.2, 0) is 0 Å². The molecular formula is C17H27NO3. The molecule has 118 valence electrons. The molecule has 1 amide bonds. The number of nitrogens with one attached hydrogen (secondary N) is 1. The smallest absolute Gasteiger partial charge is 0.255 e. The predicted octanol–water partition coefficient (Wildman–Crippen LogP) is 3.60. The van der Waals surface area contributed by atoms with Gasteiger partial charge >= 0.3 is 0 Å². The SMILES string of the molecule is COc1cc(OC)c(C(C)C)cc1C(=O)NCC(C)(C)C. The molecule has 0 aliphatic carbocycles. The van der Waals surface area contributed by atoms with Crippen molar-refractivity contribution < 1.29 is 14.3 Å². The average Bonchev–Trinajstić information content (AvgIpc) is 2.42. The summed E-state index contributed by atoms with van der Waals surface area (Å²) in [4.78, 5) is 12.4. The highest BCUT2D eigenvalue weighted by Crippen LogP contribution is 2.33. The van der Waals surface area contributed by atoms with Gasteiger partial charge in [0.15, 0.2) is 0 Å². The standard InChI is InChI=1S/C17H27NO3/c1-11(2)12-8-13(15(21-7)9-14(12)20-6)16(19)18-10-17(3,4)5/h8-9,11H,10H2,1-7H3,(H,18,19). The Morgan fingerprint density at radius 3 is 2.14 bits per heavy atom. The molecule has 1 N–H and O–H groups in total. The number of amides is 1. The third kappa shape index (κ3) is 4.66. The zero-order valence-corrected chi connectivity index (χ0v) is 14.2. The molecule has 4 nitrogen and oxygen atoms in total. The lowest BCUT2D eigenvalue weighted by molar-refractivity contribution is 0.0936. The molecule has 0 bridgehead atoms. The lowest BCUT2D eigenvalue weighted by Crippen LogP contribution is -2.32. The summed E-state index contributed by atoms with van der Waals surface area (Å²) in [6.07, 6.45) is 0. The van der Waals surface area contributed by atoms with Gasteiger partial charge in [-0.15, -0.1) is 0 Å². The molecule has 0 aliphatic heterocycles. The zero-order valence-electron chi connectivity index (χ0n) is 14.2. The van der Waals surface area contributed by atoms with Gasteiger partial charge in [0.2, 0.25) is 0 Å². The number of methoxy groups -OCH3 is 2. The third-order valence-electron chi connectivity index (χ3n) is 3.20. The Morgan fingerprint density at radius 2 is 1.71 bits per heavy atom. The first kappa shape index (κ1) is 17.3. The molecule has 1 rings (SSSR count). The van der Waals surface area contributed by atoms with Crippen LogP contribution in [0, 0.1) is 5.41 Å². The molecule has 1 aromatic rings. The number of ether oxygens (including phenoxy) is 2. The summed E-state index contributed by atoms with van der Waals surface area (Å²) >= 11 is 0. The van der Waals surface area contributed by atoms with Crippen molar-refractivity contribution in [3.05, 3.63) is 23.3 Å². The lowest BCUT2D eigenvalue weighted by Gasteiger charge is -2.20. The normalized spacial score (nSPS) is 11.4. The topological polar surface area (TPSA) is 47.6 Å². The van der Waals surface area contributed by atoms with Crippen LogP contribution in [0.5, 0.6) is 11.5 Å². The van der Waals surface area contributed by atoms with Gasteiger partial charge in [-0.3, -0.25) is 4.79 Å². The minimum atomic E-state index is -0.119. The second-order valence-corrected chi connectivity index (χ2v) is 6.69. The molecule has 0 heterocycles. The first-order valence-corrected chi connectivity index (χ1v) is 7.23. The molecule has 0 saturated carbocycles. The van der Waals surface area contributed by atoms with Crippen LogP contribution in [0.1, 0.15) is 56.5 Å². The van der Waals surface area contributed by atoms with E-state index in [1.807, 2.05) is 6.07 Å². The molecule has 0 unspecified atom stereocenters. The van der Waals surface area contributed by atoms with Crippen LogP contribution in [0.3, 0.4) is 0 Å². The Hall–Kier alpha value is -1.71. The molecular weight excluding hydrogens is 266 g/mol. The molecule has 4 heteroatoms. The van der Waals surface area contributed by atoms with E-state index in [1.54, 1.807) is 20.3 Å². The van der Waals surface area contributed by atoms with E-state index in [0.717, 1.165) is 11.3 Å². The number of benzene rings is 1. The van der Waals surface area contributed by atoms with Gasteiger partial charge < -0.3 is 14.8 Å². The van der Waals surface area contributed by atoms with Gasteiger partial charge in [0, 0.05) is 12.6 Å². The minimum Gasteiger partial charge on any atom is -0.496 e. The Kier molecular flexibility index (Phi) is 5.64. The fourth-order valence-corrected chi connectivity index (χ4v) is 1.99. The van der Waals surface area contributed by atoms with E-state index in [4.69, 9.17) is 9.47 Å². The number of carbonyl (C=O) groups is 1. The minimum absolute atomic E-state index is 0.0379. The van der Waals surface area contributed by atoms with Crippen LogP contribution in [0.4, 0.5) is 0 Å². The Bertz CT molecular complexity index is 501. The van der Waals surface area contributed by atoms with Crippen LogP contribution in [0.25, 0.3) is 0 Å². The van der Waals surface area contributed by atoms with Gasteiger partial charge in [0.05, 0.1) is 19.8 Å². The van der Waals surface area contributed by atoms with Gasteiger partial charge in [0.25, 0.3) is 5.91 Å². The van der Waals surface area contributed by atoms with E-state index in [1.165, 1.54) is 0 Å². The summed E-state index contributed by atoms with van der Waals surface area (Å²) in [6, 6.07) is 3.64. The quantitative estimate of drug-likeness (QED) is 0.902. The lowest BCUT2D eigenvalue weighted by atomic mass is 9.96. The van der Waals surface area contributed by atoms with Crippen molar-refractivity contribution in [2.24, 2.45) is 5.41 Å². The molecule has 0 atom stereocenters. The summed E-state index contributed by atoms with van der Waals surface area (Å²) in [5.41, 5.74) is 1.58. The molecule has 1 aromatic carbocycles. The maximum atomic E-state index is 12.4. The fraction of sp³-hybridized carbons (Fsp3) is 0.588. The van der Waals surface area contributed by atoms with Crippen LogP contribution >= 0.6 is 0 Å². The molecule has 0 fully saturated rings. The van der Waals surface area contributed by atoms with Crippen molar-refractivity contribution in [2.75, 3.05) is 20.8 Å². The highest BCUT2D eigenvalue weighted by Gasteiger charge is 2.20. The number of hydrogen-bond donors (Lipinski definition) is 1. The van der Waals surface area contributed by atoms with Crippen LogP contribution in [-0.4, -0.2) is 26.7 Å². The number of carbonyl (C=O) groups excluding carboxylic acids is 1. The summed E-state index contributed by atoms with van der Waals surface area (Å²) in [5.74, 6) is 1.42. The summed E-state index contributed by atoms with van der Waals surface area (Å²) < 4.78 is 10.7. The first-order valence-electron chi connectivity index (χ1n) is 7.23. The van der Waals surface area contributed by atoms with E-state index >= 15 is 0 Å². The van der Waals surface area contributed by atoms with Gasteiger partial charge in [-0.05, 0) is 23.0 Å². The molecule has 0 aromatic heterocycles. The number of rotatable bonds is 5. The summed E-state index contributed by atoms with van der Waals surface area (Å²) in [7, 11) is 3.18. The highest BCUT2D eigenvalue weighted by atomic mass is 16.5. The van der Waals surface area contributed by atoms with E-state index < -0.39 is 0 Å². The second-order valence-electron chi connectivity index (χ2n) is 6.69. The van der Waals surface area contributed by atoms with Gasteiger partial charge in [0.1, 0.15) is 11.5 Å². The first-order chi connectivity index (χ1) is 9.69. The van der Waals surface area contributed by atoms with E-state index in [2.05, 4.69) is 39.9 Å². The van der Waals surface area contributed by atoms with Crippen molar-refractivity contribution in [2.45, 2.75) is 40.5 Å². The van der Waals surface area contributed by atoms with E-state index in [-0.39, 0.29) is 17.2 Å². The van der Waals surface area contributed by atoms with Crippen molar-refractivity contribution in [3.63, 3.8) is 0 Å². The van der Waals surface area contributed by atoms with Crippen LogP contribution < -0.4 is 14.8 Å². The summed E-state index contributed by atoms with van der Waals surface area (Å²) in [5, 5.41) is 2.96. The maximum absolute atomic E-state index is 12.4. The van der Waals surface area contributed by atoms with Crippen LogP contribution in [0.2, 0.25) is 0 Å².